The number of benzene rings is 1. The van der Waals surface area contributed by atoms with E-state index in [-0.39, 0.29) is 17.4 Å². The Hall–Kier alpha value is -0.910. The molecule has 0 amide bonds. The Morgan fingerprint density at radius 3 is 2.50 bits per heavy atom. The highest BCUT2D eigenvalue weighted by molar-refractivity contribution is 7.86. The number of aryl methyl sites for hydroxylation is 1. The molecule has 2 rings (SSSR count). The molecule has 0 aliphatic heterocycles. The molecule has 112 valence electrons. The van der Waals surface area contributed by atoms with Gasteiger partial charge in [-0.05, 0) is 31.9 Å². The number of hydrogen-bond acceptors (Lipinski definition) is 4. The molecule has 20 heavy (non-hydrogen) atoms. The first-order valence-electron chi connectivity index (χ1n) is 7.13. The van der Waals surface area contributed by atoms with Crippen LogP contribution in [0.2, 0.25) is 0 Å². The van der Waals surface area contributed by atoms with Crippen LogP contribution in [-0.2, 0) is 14.3 Å². The van der Waals surface area contributed by atoms with Gasteiger partial charge in [-0.15, -0.1) is 0 Å². The second kappa shape index (κ2) is 6.70. The first-order chi connectivity index (χ1) is 9.49. The third-order valence-corrected chi connectivity index (χ3v) is 5.16. The Morgan fingerprint density at radius 1 is 1.15 bits per heavy atom. The molecule has 2 atom stereocenters. The maximum Gasteiger partial charge on any atom is 0.296 e. The molecule has 1 fully saturated rings. The lowest BCUT2D eigenvalue weighted by atomic mass is 9.99. The van der Waals surface area contributed by atoms with E-state index < -0.39 is 16.2 Å². The summed E-state index contributed by atoms with van der Waals surface area (Å²) >= 11 is 0. The van der Waals surface area contributed by atoms with Crippen molar-refractivity contribution in [3.05, 3.63) is 29.8 Å². The Labute approximate surface area is 120 Å². The van der Waals surface area contributed by atoms with Crippen molar-refractivity contribution in [2.24, 2.45) is 5.92 Å². The molecule has 0 spiro atoms. The second-order valence-corrected chi connectivity index (χ2v) is 7.13. The summed E-state index contributed by atoms with van der Waals surface area (Å²) in [7, 11) is -3.72. The maximum absolute atomic E-state index is 12.1. The molecule has 1 aromatic rings. The van der Waals surface area contributed by atoms with Crippen LogP contribution >= 0.6 is 0 Å². The number of aliphatic hydroxyl groups is 1. The largest absolute Gasteiger partial charge is 0.393 e. The highest BCUT2D eigenvalue weighted by Crippen LogP contribution is 2.25. The summed E-state index contributed by atoms with van der Waals surface area (Å²) < 4.78 is 29.3. The van der Waals surface area contributed by atoms with Gasteiger partial charge in [0.15, 0.2) is 0 Å². The van der Waals surface area contributed by atoms with Crippen LogP contribution in [0, 0.1) is 12.8 Å². The average Bonchev–Trinajstić information content (AvgIpc) is 2.62. The Morgan fingerprint density at radius 2 is 1.80 bits per heavy atom. The van der Waals surface area contributed by atoms with Crippen LogP contribution in [-0.4, -0.2) is 26.2 Å². The minimum Gasteiger partial charge on any atom is -0.393 e. The lowest BCUT2D eigenvalue weighted by Crippen LogP contribution is -2.25. The van der Waals surface area contributed by atoms with E-state index in [0.717, 1.165) is 37.7 Å². The van der Waals surface area contributed by atoms with Gasteiger partial charge >= 0.3 is 0 Å². The summed E-state index contributed by atoms with van der Waals surface area (Å²) in [5, 5.41) is 9.98. The Bertz CT molecular complexity index is 521. The fourth-order valence-electron chi connectivity index (χ4n) is 2.51. The zero-order valence-corrected chi connectivity index (χ0v) is 12.6. The van der Waals surface area contributed by atoms with Gasteiger partial charge in [0.05, 0.1) is 17.6 Å². The molecule has 1 saturated carbocycles. The molecule has 1 aromatic carbocycles. The van der Waals surface area contributed by atoms with Crippen molar-refractivity contribution in [2.45, 2.75) is 50.0 Å². The summed E-state index contributed by atoms with van der Waals surface area (Å²) in [5.74, 6) is -0.0854. The van der Waals surface area contributed by atoms with Crippen molar-refractivity contribution in [2.75, 3.05) is 6.61 Å². The maximum atomic E-state index is 12.1. The van der Waals surface area contributed by atoms with Gasteiger partial charge in [0, 0.05) is 5.92 Å². The third-order valence-electron chi connectivity index (χ3n) is 3.87. The minimum absolute atomic E-state index is 0.0668. The van der Waals surface area contributed by atoms with Gasteiger partial charge in [0.1, 0.15) is 0 Å². The molecular formula is C15H22O4S. The quantitative estimate of drug-likeness (QED) is 0.685. The molecule has 1 N–H and O–H groups in total. The molecule has 5 heteroatoms. The van der Waals surface area contributed by atoms with E-state index in [1.54, 1.807) is 24.3 Å². The molecule has 1 aliphatic rings. The van der Waals surface area contributed by atoms with Crippen molar-refractivity contribution < 1.29 is 17.7 Å². The van der Waals surface area contributed by atoms with E-state index in [4.69, 9.17) is 4.18 Å². The van der Waals surface area contributed by atoms with Gasteiger partial charge < -0.3 is 5.11 Å². The van der Waals surface area contributed by atoms with E-state index in [9.17, 15) is 13.5 Å². The monoisotopic (exact) mass is 298 g/mol. The highest BCUT2D eigenvalue weighted by Gasteiger charge is 2.25. The van der Waals surface area contributed by atoms with Crippen LogP contribution in [0.4, 0.5) is 0 Å². The van der Waals surface area contributed by atoms with Crippen molar-refractivity contribution in [3.63, 3.8) is 0 Å². The lowest BCUT2D eigenvalue weighted by molar-refractivity contribution is 0.0713. The topological polar surface area (TPSA) is 63.6 Å². The zero-order valence-electron chi connectivity index (χ0n) is 11.8. The van der Waals surface area contributed by atoms with Crippen LogP contribution in [0.1, 0.15) is 37.7 Å². The Kier molecular flexibility index (Phi) is 5.18. The number of hydrogen-bond donors (Lipinski definition) is 1. The molecule has 0 radical (unpaired) electrons. The summed E-state index contributed by atoms with van der Waals surface area (Å²) in [6, 6.07) is 6.59. The fraction of sp³-hybridized carbons (Fsp3) is 0.600. The van der Waals surface area contributed by atoms with Gasteiger partial charge in [-0.25, -0.2) is 0 Å². The number of rotatable bonds is 4. The molecule has 0 heterocycles. The van der Waals surface area contributed by atoms with E-state index >= 15 is 0 Å². The molecule has 0 saturated heterocycles. The summed E-state index contributed by atoms with van der Waals surface area (Å²) in [6.45, 7) is 1.97. The predicted molar refractivity (Wildman–Crippen MR) is 76.9 cm³/mol. The standard InChI is InChI=1S/C15H22O4S/c1-12-7-9-14(10-8-12)20(17,18)19-11-13-5-3-2-4-6-15(13)16/h7-10,13,15-16H,2-6,11H2,1H3/t13-,15-/m0/s1. The minimum atomic E-state index is -3.72. The SMILES string of the molecule is Cc1ccc(S(=O)(=O)OC[C@@H]2CCCCC[C@@H]2O)cc1. The molecular weight excluding hydrogens is 276 g/mol. The van der Waals surface area contributed by atoms with Crippen LogP contribution in [0.15, 0.2) is 29.2 Å². The van der Waals surface area contributed by atoms with Crippen LogP contribution in [0.25, 0.3) is 0 Å². The Balaban J connectivity index is 1.99. The van der Waals surface area contributed by atoms with Crippen LogP contribution in [0.3, 0.4) is 0 Å². The van der Waals surface area contributed by atoms with E-state index in [1.807, 2.05) is 6.92 Å². The first kappa shape index (κ1) is 15.5. The first-order valence-corrected chi connectivity index (χ1v) is 8.54. The average molecular weight is 298 g/mol. The van der Waals surface area contributed by atoms with Gasteiger partial charge in [-0.3, -0.25) is 4.18 Å². The normalized spacial score (nSPS) is 24.3. The van der Waals surface area contributed by atoms with E-state index in [0.29, 0.717) is 0 Å². The molecule has 0 bridgehead atoms. The summed E-state index contributed by atoms with van der Waals surface area (Å²) in [6.07, 6.45) is 4.23. The molecule has 0 aromatic heterocycles. The van der Waals surface area contributed by atoms with E-state index in [1.165, 1.54) is 0 Å². The van der Waals surface area contributed by atoms with Crippen LogP contribution in [0.5, 0.6) is 0 Å². The van der Waals surface area contributed by atoms with Gasteiger partial charge in [0.25, 0.3) is 10.1 Å². The van der Waals surface area contributed by atoms with Gasteiger partial charge in [-0.1, -0.05) is 37.0 Å². The third kappa shape index (κ3) is 4.04. The lowest BCUT2D eigenvalue weighted by Gasteiger charge is -2.19. The second-order valence-electron chi connectivity index (χ2n) is 5.52. The van der Waals surface area contributed by atoms with Crippen molar-refractivity contribution in [1.29, 1.82) is 0 Å². The smallest absolute Gasteiger partial charge is 0.296 e. The predicted octanol–water partition coefficient (Wildman–Crippen LogP) is 2.64. The molecule has 1 aliphatic carbocycles. The van der Waals surface area contributed by atoms with Gasteiger partial charge in [-0.2, -0.15) is 8.42 Å². The van der Waals surface area contributed by atoms with Gasteiger partial charge in [0.2, 0.25) is 0 Å². The summed E-state index contributed by atoms with van der Waals surface area (Å²) in [4.78, 5) is 0.172. The van der Waals surface area contributed by atoms with E-state index in [2.05, 4.69) is 0 Å². The van der Waals surface area contributed by atoms with Crippen molar-refractivity contribution in [3.8, 4) is 0 Å². The van der Waals surface area contributed by atoms with Crippen LogP contribution < -0.4 is 0 Å². The zero-order chi connectivity index (χ0) is 14.6. The summed E-state index contributed by atoms with van der Waals surface area (Å²) in [5.41, 5.74) is 1.00. The fourth-order valence-corrected chi connectivity index (χ4v) is 3.47. The van der Waals surface area contributed by atoms with Crippen molar-refractivity contribution in [1.82, 2.24) is 0 Å². The van der Waals surface area contributed by atoms with Crippen molar-refractivity contribution >= 4 is 10.1 Å². The molecule has 0 unspecified atom stereocenters. The highest BCUT2D eigenvalue weighted by atomic mass is 32.2. The molecule has 4 nitrogen and oxygen atoms in total. The number of aliphatic hydroxyl groups excluding tert-OH is 1.